The Labute approximate surface area is 191 Å². The molecule has 0 aliphatic carbocycles. The Hall–Kier alpha value is -2.08. The van der Waals surface area contributed by atoms with Crippen molar-refractivity contribution < 1.29 is 14.4 Å². The molecule has 0 aromatic heterocycles. The first kappa shape index (κ1) is 25.2. The van der Waals surface area contributed by atoms with Gasteiger partial charge in [-0.25, -0.2) is 0 Å². The summed E-state index contributed by atoms with van der Waals surface area (Å²) in [4.78, 5) is 40.3. The fourth-order valence-electron chi connectivity index (χ4n) is 3.72. The number of carbonyl (C=O) groups is 3. The number of hydrogen-bond donors (Lipinski definition) is 2. The third kappa shape index (κ3) is 7.84. The van der Waals surface area contributed by atoms with Crippen LogP contribution in [0.5, 0.6) is 0 Å². The minimum Gasteiger partial charge on any atom is -0.354 e. The van der Waals surface area contributed by atoms with Crippen molar-refractivity contribution in [3.8, 4) is 0 Å². The zero-order valence-corrected chi connectivity index (χ0v) is 20.1. The summed E-state index contributed by atoms with van der Waals surface area (Å²) < 4.78 is 0. The Morgan fingerprint density at radius 1 is 1.13 bits per heavy atom. The van der Waals surface area contributed by atoms with E-state index in [1.165, 1.54) is 0 Å². The van der Waals surface area contributed by atoms with Crippen LogP contribution in [0.4, 0.5) is 0 Å². The smallest absolute Gasteiger partial charge is 0.253 e. The molecule has 1 saturated heterocycles. The monoisotopic (exact) mass is 449 g/mol. The Balaban J connectivity index is 2.09. The normalized spacial score (nSPS) is 16.2. The van der Waals surface area contributed by atoms with Crippen LogP contribution in [0.25, 0.3) is 0 Å². The summed E-state index contributed by atoms with van der Waals surface area (Å²) in [6.07, 6.45) is 1.83. The van der Waals surface area contributed by atoms with Crippen LogP contribution in [0, 0.1) is 17.3 Å². The maximum atomic E-state index is 13.0. The van der Waals surface area contributed by atoms with E-state index in [4.69, 9.17) is 11.6 Å². The maximum Gasteiger partial charge on any atom is 0.253 e. The number of nitrogens with zero attached hydrogens (tertiary/aromatic N) is 1. The van der Waals surface area contributed by atoms with Crippen molar-refractivity contribution in [1.82, 2.24) is 15.5 Å². The summed E-state index contributed by atoms with van der Waals surface area (Å²) in [6, 6.07) is 6.14. The first-order valence-corrected chi connectivity index (χ1v) is 11.5. The van der Waals surface area contributed by atoms with Gasteiger partial charge in [0, 0.05) is 26.1 Å². The van der Waals surface area contributed by atoms with Crippen molar-refractivity contribution in [1.29, 1.82) is 0 Å². The molecule has 1 heterocycles. The molecule has 2 rings (SSSR count). The number of nitrogens with one attached hydrogen (secondary N) is 2. The van der Waals surface area contributed by atoms with Gasteiger partial charge in [-0.3, -0.25) is 14.4 Å². The van der Waals surface area contributed by atoms with Crippen molar-refractivity contribution in [2.24, 2.45) is 17.3 Å². The topological polar surface area (TPSA) is 78.5 Å². The van der Waals surface area contributed by atoms with Gasteiger partial charge >= 0.3 is 0 Å². The number of likely N-dealkylation sites (tertiary alicyclic amines) is 1. The highest BCUT2D eigenvalue weighted by Gasteiger charge is 2.34. The number of hydrogen-bond acceptors (Lipinski definition) is 3. The number of benzene rings is 1. The van der Waals surface area contributed by atoms with Crippen molar-refractivity contribution >= 4 is 29.3 Å². The van der Waals surface area contributed by atoms with Crippen LogP contribution in [0.2, 0.25) is 5.02 Å². The lowest BCUT2D eigenvalue weighted by atomic mass is 9.87. The van der Waals surface area contributed by atoms with Crippen LogP contribution in [-0.2, 0) is 9.59 Å². The first-order chi connectivity index (χ1) is 14.5. The third-order valence-corrected chi connectivity index (χ3v) is 5.75. The van der Waals surface area contributed by atoms with E-state index in [0.717, 1.165) is 0 Å². The molecule has 7 heteroatoms. The molecule has 0 unspecified atom stereocenters. The number of amides is 3. The predicted octanol–water partition coefficient (Wildman–Crippen LogP) is 3.89. The number of piperidine rings is 1. The molecule has 0 radical (unpaired) electrons. The second-order valence-corrected chi connectivity index (χ2v) is 10.4. The Bertz CT molecular complexity index is 781. The van der Waals surface area contributed by atoms with Crippen LogP contribution < -0.4 is 10.6 Å². The Morgan fingerprint density at radius 3 is 2.29 bits per heavy atom. The average molecular weight is 450 g/mol. The molecule has 0 bridgehead atoms. The van der Waals surface area contributed by atoms with Crippen molar-refractivity contribution in [2.75, 3.05) is 19.6 Å². The number of carbonyl (C=O) groups excluding carboxylic acids is 3. The molecular weight excluding hydrogens is 414 g/mol. The average Bonchev–Trinajstić information content (AvgIpc) is 2.69. The number of rotatable bonds is 7. The second kappa shape index (κ2) is 11.0. The lowest BCUT2D eigenvalue weighted by Crippen LogP contribution is -2.54. The van der Waals surface area contributed by atoms with Crippen molar-refractivity contribution in [3.63, 3.8) is 0 Å². The molecule has 2 N–H and O–H groups in total. The number of halogens is 1. The zero-order chi connectivity index (χ0) is 23.2. The van der Waals surface area contributed by atoms with Gasteiger partial charge in [0.05, 0.1) is 10.6 Å². The van der Waals surface area contributed by atoms with Gasteiger partial charge in [0.15, 0.2) is 0 Å². The van der Waals surface area contributed by atoms with Crippen molar-refractivity contribution in [3.05, 3.63) is 34.9 Å². The molecule has 6 nitrogen and oxygen atoms in total. The van der Waals surface area contributed by atoms with Crippen LogP contribution in [0.15, 0.2) is 24.3 Å². The fraction of sp³-hybridized carbons (Fsp3) is 0.625. The summed E-state index contributed by atoms with van der Waals surface area (Å²) >= 11 is 6.17. The van der Waals surface area contributed by atoms with E-state index in [1.807, 2.05) is 18.7 Å². The Kier molecular flexibility index (Phi) is 8.92. The van der Waals surface area contributed by atoms with Gasteiger partial charge in [-0.15, -0.1) is 0 Å². The van der Waals surface area contributed by atoms with Crippen LogP contribution in [0.3, 0.4) is 0 Å². The van der Waals surface area contributed by atoms with Gasteiger partial charge in [-0.05, 0) is 42.2 Å². The summed E-state index contributed by atoms with van der Waals surface area (Å²) in [5.74, 6) is -0.139. The van der Waals surface area contributed by atoms with Gasteiger partial charge < -0.3 is 15.5 Å². The molecule has 1 fully saturated rings. The predicted molar refractivity (Wildman–Crippen MR) is 124 cm³/mol. The molecule has 1 atom stereocenters. The van der Waals surface area contributed by atoms with Gasteiger partial charge in [0.1, 0.15) is 6.04 Å². The van der Waals surface area contributed by atoms with Gasteiger partial charge in [0.25, 0.3) is 5.91 Å². The van der Waals surface area contributed by atoms with E-state index < -0.39 is 6.04 Å². The van der Waals surface area contributed by atoms with Gasteiger partial charge in [-0.1, -0.05) is 58.4 Å². The van der Waals surface area contributed by atoms with E-state index in [-0.39, 0.29) is 29.1 Å². The zero-order valence-electron chi connectivity index (χ0n) is 19.3. The van der Waals surface area contributed by atoms with Crippen LogP contribution in [0.1, 0.15) is 64.2 Å². The molecule has 172 valence electrons. The van der Waals surface area contributed by atoms with E-state index in [0.29, 0.717) is 55.4 Å². The summed E-state index contributed by atoms with van der Waals surface area (Å²) in [5.41, 5.74) is 0.291. The lowest BCUT2D eigenvalue weighted by molar-refractivity contribution is -0.134. The van der Waals surface area contributed by atoms with E-state index in [9.17, 15) is 14.4 Å². The molecule has 1 aromatic rings. The SMILES string of the molecule is CC(C)CNC(=O)[C@H](NC(=O)c1ccccc1Cl)C1CCN(C(=O)CC(C)(C)C)CC1. The highest BCUT2D eigenvalue weighted by molar-refractivity contribution is 6.33. The van der Waals surface area contributed by atoms with Gasteiger partial charge in [0.2, 0.25) is 11.8 Å². The molecule has 0 saturated carbocycles. The molecule has 1 aromatic carbocycles. The molecule has 1 aliphatic heterocycles. The standard InChI is InChI=1S/C24H36ClN3O3/c1-16(2)15-26-23(31)21(27-22(30)18-8-6-7-9-19(18)25)17-10-12-28(13-11-17)20(29)14-24(3,4)5/h6-9,16-17,21H,10-15H2,1-5H3,(H,26,31)(H,27,30)/t21-/m1/s1. The summed E-state index contributed by atoms with van der Waals surface area (Å²) in [7, 11) is 0. The van der Waals surface area contributed by atoms with E-state index >= 15 is 0 Å². The minimum atomic E-state index is -0.664. The quantitative estimate of drug-likeness (QED) is 0.662. The molecular formula is C24H36ClN3O3. The lowest BCUT2D eigenvalue weighted by Gasteiger charge is -2.37. The first-order valence-electron chi connectivity index (χ1n) is 11.1. The summed E-state index contributed by atoms with van der Waals surface area (Å²) in [6.45, 7) is 11.9. The second-order valence-electron chi connectivity index (χ2n) is 10.0. The van der Waals surface area contributed by atoms with E-state index in [2.05, 4.69) is 31.4 Å². The fourth-order valence-corrected chi connectivity index (χ4v) is 3.95. The minimum absolute atomic E-state index is 0.0442. The largest absolute Gasteiger partial charge is 0.354 e. The van der Waals surface area contributed by atoms with Gasteiger partial charge in [-0.2, -0.15) is 0 Å². The molecule has 1 aliphatic rings. The van der Waals surface area contributed by atoms with Crippen molar-refractivity contribution in [2.45, 2.75) is 59.9 Å². The highest BCUT2D eigenvalue weighted by atomic mass is 35.5. The maximum absolute atomic E-state index is 13.0. The molecule has 0 spiro atoms. The third-order valence-electron chi connectivity index (χ3n) is 5.42. The van der Waals surface area contributed by atoms with Crippen LogP contribution in [-0.4, -0.2) is 48.3 Å². The van der Waals surface area contributed by atoms with Crippen LogP contribution >= 0.6 is 11.6 Å². The van der Waals surface area contributed by atoms with E-state index in [1.54, 1.807) is 24.3 Å². The molecule has 3 amide bonds. The Morgan fingerprint density at radius 2 is 1.74 bits per heavy atom. The highest BCUT2D eigenvalue weighted by Crippen LogP contribution is 2.26. The molecule has 31 heavy (non-hydrogen) atoms. The summed E-state index contributed by atoms with van der Waals surface area (Å²) in [5, 5.41) is 6.21.